The summed E-state index contributed by atoms with van der Waals surface area (Å²) in [6, 6.07) is 21.6. The second-order valence-corrected chi connectivity index (χ2v) is 7.65. The van der Waals surface area contributed by atoms with Crippen molar-refractivity contribution in [1.29, 1.82) is 5.26 Å². The van der Waals surface area contributed by atoms with E-state index in [1.54, 1.807) is 49.6 Å². The van der Waals surface area contributed by atoms with Crippen LogP contribution < -0.4 is 14.8 Å². The molecule has 0 aromatic heterocycles. The second-order valence-electron chi connectivity index (χ2n) is 6.39. The van der Waals surface area contributed by atoms with Gasteiger partial charge in [-0.25, -0.2) is 0 Å². The number of ether oxygens (including phenoxy) is 2. The number of carbonyl (C=O) groups excluding carboxylic acids is 1. The van der Waals surface area contributed by atoms with Gasteiger partial charge in [-0.05, 0) is 36.4 Å². The Morgan fingerprint density at radius 2 is 1.90 bits per heavy atom. The summed E-state index contributed by atoms with van der Waals surface area (Å²) >= 11 is 9.59. The predicted molar refractivity (Wildman–Crippen MR) is 125 cm³/mol. The molecular formula is C24H18BrClN2O3. The third kappa shape index (κ3) is 5.88. The van der Waals surface area contributed by atoms with Crippen molar-refractivity contribution in [1.82, 2.24) is 0 Å². The van der Waals surface area contributed by atoms with E-state index in [9.17, 15) is 10.1 Å². The first-order valence-corrected chi connectivity index (χ1v) is 10.4. The number of benzene rings is 3. The third-order valence-electron chi connectivity index (χ3n) is 4.35. The van der Waals surface area contributed by atoms with Gasteiger partial charge in [-0.2, -0.15) is 5.26 Å². The molecule has 0 bridgehead atoms. The lowest BCUT2D eigenvalue weighted by Crippen LogP contribution is -2.13. The molecule has 0 saturated carbocycles. The van der Waals surface area contributed by atoms with Gasteiger partial charge in [-0.1, -0.05) is 57.9 Å². The van der Waals surface area contributed by atoms with Gasteiger partial charge in [0, 0.05) is 21.7 Å². The second kappa shape index (κ2) is 10.7. The van der Waals surface area contributed by atoms with Crippen molar-refractivity contribution in [2.45, 2.75) is 6.61 Å². The van der Waals surface area contributed by atoms with Crippen LogP contribution in [0.5, 0.6) is 11.5 Å². The molecule has 7 heteroatoms. The summed E-state index contributed by atoms with van der Waals surface area (Å²) in [6.45, 7) is 0.295. The molecule has 156 valence electrons. The summed E-state index contributed by atoms with van der Waals surface area (Å²) in [7, 11) is 1.56. The molecule has 1 amide bonds. The van der Waals surface area contributed by atoms with Gasteiger partial charge in [0.1, 0.15) is 29.7 Å². The average molecular weight is 498 g/mol. The first-order chi connectivity index (χ1) is 15.0. The topological polar surface area (TPSA) is 71.3 Å². The minimum absolute atomic E-state index is 0.0872. The number of nitriles is 1. The van der Waals surface area contributed by atoms with Crippen molar-refractivity contribution in [2.24, 2.45) is 0 Å². The fraction of sp³-hybridized carbons (Fsp3) is 0.0833. The number of hydrogen-bond acceptors (Lipinski definition) is 4. The fourth-order valence-corrected chi connectivity index (χ4v) is 3.30. The molecule has 0 spiro atoms. The van der Waals surface area contributed by atoms with Gasteiger partial charge in [-0.15, -0.1) is 0 Å². The molecule has 3 aromatic rings. The first-order valence-electron chi connectivity index (χ1n) is 9.23. The minimum Gasteiger partial charge on any atom is -0.497 e. The molecule has 0 aliphatic rings. The van der Waals surface area contributed by atoms with E-state index in [-0.39, 0.29) is 5.57 Å². The maximum atomic E-state index is 12.6. The molecular weight excluding hydrogens is 480 g/mol. The molecule has 3 rings (SSSR count). The van der Waals surface area contributed by atoms with Crippen molar-refractivity contribution in [3.8, 4) is 17.6 Å². The zero-order valence-electron chi connectivity index (χ0n) is 16.6. The summed E-state index contributed by atoms with van der Waals surface area (Å²) < 4.78 is 12.2. The largest absolute Gasteiger partial charge is 0.497 e. The Bertz CT molecular complexity index is 1170. The van der Waals surface area contributed by atoms with Crippen LogP contribution in [-0.4, -0.2) is 13.0 Å². The van der Waals surface area contributed by atoms with E-state index >= 15 is 0 Å². The first kappa shape index (κ1) is 22.4. The highest BCUT2D eigenvalue weighted by Crippen LogP contribution is 2.29. The highest BCUT2D eigenvalue weighted by molar-refractivity contribution is 9.10. The molecule has 0 aliphatic heterocycles. The lowest BCUT2D eigenvalue weighted by molar-refractivity contribution is -0.112. The van der Waals surface area contributed by atoms with Crippen molar-refractivity contribution in [3.05, 3.63) is 92.9 Å². The Kier molecular flexibility index (Phi) is 7.71. The number of rotatable bonds is 7. The predicted octanol–water partition coefficient (Wildman–Crippen LogP) is 6.24. The Morgan fingerprint density at radius 3 is 2.61 bits per heavy atom. The average Bonchev–Trinajstić information content (AvgIpc) is 2.78. The van der Waals surface area contributed by atoms with Gasteiger partial charge in [-0.3, -0.25) is 4.79 Å². The van der Waals surface area contributed by atoms with Gasteiger partial charge in [0.2, 0.25) is 0 Å². The van der Waals surface area contributed by atoms with Crippen molar-refractivity contribution in [2.75, 3.05) is 12.4 Å². The number of nitrogens with zero attached hydrogens (tertiary/aromatic N) is 1. The Hall–Kier alpha value is -3.27. The van der Waals surface area contributed by atoms with Gasteiger partial charge >= 0.3 is 0 Å². The van der Waals surface area contributed by atoms with Crippen molar-refractivity contribution < 1.29 is 14.3 Å². The number of nitrogens with one attached hydrogen (secondary N) is 1. The van der Waals surface area contributed by atoms with Gasteiger partial charge in [0.05, 0.1) is 17.8 Å². The highest BCUT2D eigenvalue weighted by atomic mass is 79.9. The molecule has 31 heavy (non-hydrogen) atoms. The summed E-state index contributed by atoms with van der Waals surface area (Å²) in [5, 5.41) is 12.6. The molecule has 0 saturated heterocycles. The standard InChI is InChI=1S/C24H18BrClN2O3/c1-30-19-11-10-16(23(13-19)31-15-17-6-2-3-7-20(17)25)12-18(14-27)24(29)28-22-9-5-4-8-21(22)26/h2-13H,15H2,1H3,(H,28,29)/b18-12+. The summed E-state index contributed by atoms with van der Waals surface area (Å²) in [5.74, 6) is 0.509. The third-order valence-corrected chi connectivity index (χ3v) is 5.45. The van der Waals surface area contributed by atoms with Crippen LogP contribution in [0.2, 0.25) is 5.02 Å². The summed E-state index contributed by atoms with van der Waals surface area (Å²) in [4.78, 5) is 12.6. The normalized spacial score (nSPS) is 10.8. The van der Waals surface area contributed by atoms with Crippen LogP contribution in [0.25, 0.3) is 6.08 Å². The van der Waals surface area contributed by atoms with Crippen LogP contribution in [0, 0.1) is 11.3 Å². The molecule has 0 aliphatic carbocycles. The van der Waals surface area contributed by atoms with E-state index < -0.39 is 5.91 Å². The number of para-hydroxylation sites is 1. The van der Waals surface area contributed by atoms with E-state index in [0.717, 1.165) is 10.0 Å². The van der Waals surface area contributed by atoms with Crippen molar-refractivity contribution >= 4 is 45.2 Å². The van der Waals surface area contributed by atoms with Crippen LogP contribution in [0.15, 0.2) is 76.8 Å². The fourth-order valence-electron chi connectivity index (χ4n) is 2.71. The number of amides is 1. The van der Waals surface area contributed by atoms with E-state index in [1.807, 2.05) is 30.3 Å². The van der Waals surface area contributed by atoms with E-state index in [2.05, 4.69) is 21.2 Å². The number of carbonyl (C=O) groups is 1. The van der Waals surface area contributed by atoms with Gasteiger partial charge in [0.25, 0.3) is 5.91 Å². The molecule has 0 radical (unpaired) electrons. The number of anilines is 1. The lowest BCUT2D eigenvalue weighted by atomic mass is 10.1. The maximum absolute atomic E-state index is 12.6. The molecule has 0 unspecified atom stereocenters. The summed E-state index contributed by atoms with van der Waals surface area (Å²) in [5.41, 5.74) is 1.86. The monoisotopic (exact) mass is 496 g/mol. The molecule has 5 nitrogen and oxygen atoms in total. The minimum atomic E-state index is -0.567. The van der Waals surface area contributed by atoms with Crippen molar-refractivity contribution in [3.63, 3.8) is 0 Å². The van der Waals surface area contributed by atoms with E-state index in [4.69, 9.17) is 21.1 Å². The maximum Gasteiger partial charge on any atom is 0.266 e. The molecule has 0 heterocycles. The van der Waals surface area contributed by atoms with Gasteiger partial charge in [0.15, 0.2) is 0 Å². The SMILES string of the molecule is COc1ccc(/C=C(\C#N)C(=O)Nc2ccccc2Cl)c(OCc2ccccc2Br)c1. The number of halogens is 2. The molecule has 0 atom stereocenters. The Morgan fingerprint density at radius 1 is 1.16 bits per heavy atom. The van der Waals surface area contributed by atoms with Crippen LogP contribution in [0.4, 0.5) is 5.69 Å². The highest BCUT2D eigenvalue weighted by Gasteiger charge is 2.14. The van der Waals surface area contributed by atoms with Crippen LogP contribution >= 0.6 is 27.5 Å². The van der Waals surface area contributed by atoms with E-state index in [1.165, 1.54) is 6.08 Å². The molecule has 1 N–H and O–H groups in total. The van der Waals surface area contributed by atoms with Crippen LogP contribution in [0.3, 0.4) is 0 Å². The number of methoxy groups -OCH3 is 1. The van der Waals surface area contributed by atoms with Crippen LogP contribution in [-0.2, 0) is 11.4 Å². The smallest absolute Gasteiger partial charge is 0.266 e. The zero-order valence-corrected chi connectivity index (χ0v) is 18.9. The Balaban J connectivity index is 1.88. The zero-order chi connectivity index (χ0) is 22.2. The van der Waals surface area contributed by atoms with Gasteiger partial charge < -0.3 is 14.8 Å². The molecule has 0 fully saturated rings. The van der Waals surface area contributed by atoms with E-state index in [0.29, 0.717) is 34.4 Å². The number of hydrogen-bond donors (Lipinski definition) is 1. The summed E-state index contributed by atoms with van der Waals surface area (Å²) in [6.07, 6.45) is 1.47. The van der Waals surface area contributed by atoms with Crippen LogP contribution in [0.1, 0.15) is 11.1 Å². The Labute approximate surface area is 194 Å². The lowest BCUT2D eigenvalue weighted by Gasteiger charge is -2.13. The quantitative estimate of drug-likeness (QED) is 0.310. The molecule has 3 aromatic carbocycles.